The smallest absolute Gasteiger partial charge is 0.240 e. The Hall–Kier alpha value is -1.86. The van der Waals surface area contributed by atoms with Crippen LogP contribution in [0.5, 0.6) is 0 Å². The largest absolute Gasteiger partial charge is 0.339 e. The zero-order valence-electron chi connectivity index (χ0n) is 11.4. The van der Waals surface area contributed by atoms with E-state index >= 15 is 0 Å². The number of carbonyl (C=O) groups excluding carboxylic acids is 1. The van der Waals surface area contributed by atoms with Gasteiger partial charge in [0, 0.05) is 13.1 Å². The van der Waals surface area contributed by atoms with Gasteiger partial charge in [-0.15, -0.1) is 0 Å². The summed E-state index contributed by atoms with van der Waals surface area (Å²) >= 11 is 0. The minimum absolute atomic E-state index is 0.0171. The lowest BCUT2D eigenvalue weighted by molar-refractivity contribution is -0.141. The van der Waals surface area contributed by atoms with Crippen LogP contribution in [0.25, 0.3) is 0 Å². The van der Waals surface area contributed by atoms with E-state index in [0.29, 0.717) is 19.5 Å². The zero-order valence-corrected chi connectivity index (χ0v) is 11.4. The fraction of sp³-hybridized carbons (Fsp3) is 0.467. The molecule has 0 aliphatic carbocycles. The Labute approximate surface area is 114 Å². The van der Waals surface area contributed by atoms with Gasteiger partial charge in [0.2, 0.25) is 5.91 Å². The summed E-state index contributed by atoms with van der Waals surface area (Å²) in [7, 11) is 3.85. The number of hydrogen-bond acceptors (Lipinski definition) is 3. The molecule has 0 aromatic heterocycles. The van der Waals surface area contributed by atoms with E-state index in [1.54, 1.807) is 4.90 Å². The van der Waals surface area contributed by atoms with E-state index in [2.05, 4.69) is 6.07 Å². The Morgan fingerprint density at radius 2 is 2.05 bits per heavy atom. The SMILES string of the molecule is CN(C)[C@@H](Cc1ccccc1)C(=O)N1CC(C#N)C1. The van der Waals surface area contributed by atoms with Crippen LogP contribution >= 0.6 is 0 Å². The molecule has 1 aromatic rings. The minimum Gasteiger partial charge on any atom is -0.339 e. The van der Waals surface area contributed by atoms with Gasteiger partial charge in [-0.25, -0.2) is 0 Å². The first-order chi connectivity index (χ1) is 9.11. The molecule has 1 atom stereocenters. The van der Waals surface area contributed by atoms with Crippen molar-refractivity contribution in [2.75, 3.05) is 27.2 Å². The molecule has 0 saturated carbocycles. The minimum atomic E-state index is -0.151. The summed E-state index contributed by atoms with van der Waals surface area (Å²) in [6.07, 6.45) is 0.709. The molecule has 0 spiro atoms. The highest BCUT2D eigenvalue weighted by atomic mass is 16.2. The average Bonchev–Trinajstić information content (AvgIpc) is 2.35. The summed E-state index contributed by atoms with van der Waals surface area (Å²) in [4.78, 5) is 16.1. The van der Waals surface area contributed by atoms with Crippen LogP contribution in [0.4, 0.5) is 0 Å². The number of carbonyl (C=O) groups is 1. The second kappa shape index (κ2) is 5.85. The normalized spacial score (nSPS) is 16.8. The van der Waals surface area contributed by atoms with Crippen LogP contribution in [0, 0.1) is 17.2 Å². The lowest BCUT2D eigenvalue weighted by Crippen LogP contribution is -2.56. The van der Waals surface area contributed by atoms with Crippen molar-refractivity contribution >= 4 is 5.91 Å². The number of nitrogens with zero attached hydrogens (tertiary/aromatic N) is 3. The maximum atomic E-state index is 12.4. The third-order valence-corrected chi connectivity index (χ3v) is 3.56. The highest BCUT2D eigenvalue weighted by Gasteiger charge is 2.35. The Morgan fingerprint density at radius 3 is 2.58 bits per heavy atom. The Kier molecular flexibility index (Phi) is 4.18. The molecule has 4 heteroatoms. The third kappa shape index (κ3) is 3.12. The van der Waals surface area contributed by atoms with E-state index in [1.807, 2.05) is 49.3 Å². The van der Waals surface area contributed by atoms with Crippen molar-refractivity contribution in [3.05, 3.63) is 35.9 Å². The number of rotatable bonds is 4. The number of likely N-dealkylation sites (N-methyl/N-ethyl adjacent to an activating group) is 1. The second-order valence-corrected chi connectivity index (χ2v) is 5.24. The quantitative estimate of drug-likeness (QED) is 0.812. The summed E-state index contributed by atoms with van der Waals surface area (Å²) < 4.78 is 0. The van der Waals surface area contributed by atoms with Crippen molar-refractivity contribution in [1.82, 2.24) is 9.80 Å². The van der Waals surface area contributed by atoms with Gasteiger partial charge in [-0.1, -0.05) is 30.3 Å². The first-order valence-corrected chi connectivity index (χ1v) is 6.50. The summed E-state index contributed by atoms with van der Waals surface area (Å²) in [5, 5.41) is 8.77. The zero-order chi connectivity index (χ0) is 13.8. The van der Waals surface area contributed by atoms with Gasteiger partial charge in [-0.3, -0.25) is 9.69 Å². The van der Waals surface area contributed by atoms with Crippen LogP contribution < -0.4 is 0 Å². The van der Waals surface area contributed by atoms with Crippen molar-refractivity contribution < 1.29 is 4.79 Å². The van der Waals surface area contributed by atoms with Gasteiger partial charge >= 0.3 is 0 Å². The van der Waals surface area contributed by atoms with Crippen LogP contribution in [-0.2, 0) is 11.2 Å². The van der Waals surface area contributed by atoms with E-state index < -0.39 is 0 Å². The molecule has 4 nitrogen and oxygen atoms in total. The molecule has 1 amide bonds. The van der Waals surface area contributed by atoms with Crippen molar-refractivity contribution in [3.8, 4) is 6.07 Å². The third-order valence-electron chi connectivity index (χ3n) is 3.56. The molecular formula is C15H19N3O. The predicted molar refractivity (Wildman–Crippen MR) is 73.3 cm³/mol. The van der Waals surface area contributed by atoms with Gasteiger partial charge in [0.25, 0.3) is 0 Å². The molecule has 0 N–H and O–H groups in total. The van der Waals surface area contributed by atoms with Gasteiger partial charge in [0.05, 0.1) is 18.0 Å². The monoisotopic (exact) mass is 257 g/mol. The molecule has 1 fully saturated rings. The van der Waals surface area contributed by atoms with Crippen LogP contribution in [-0.4, -0.2) is 48.9 Å². The summed E-state index contributed by atoms with van der Waals surface area (Å²) in [6.45, 7) is 1.16. The van der Waals surface area contributed by atoms with Gasteiger partial charge < -0.3 is 4.90 Å². The number of likely N-dealkylation sites (tertiary alicyclic amines) is 1. The molecule has 1 aromatic carbocycles. The number of nitriles is 1. The van der Waals surface area contributed by atoms with Gasteiger partial charge in [0.15, 0.2) is 0 Å². The van der Waals surface area contributed by atoms with Gasteiger partial charge in [0.1, 0.15) is 0 Å². The lowest BCUT2D eigenvalue weighted by Gasteiger charge is -2.39. The first-order valence-electron chi connectivity index (χ1n) is 6.50. The summed E-state index contributed by atoms with van der Waals surface area (Å²) in [5.41, 5.74) is 1.16. The summed E-state index contributed by atoms with van der Waals surface area (Å²) in [5.74, 6) is 0.142. The maximum absolute atomic E-state index is 12.4. The molecule has 1 aliphatic heterocycles. The molecule has 0 bridgehead atoms. The lowest BCUT2D eigenvalue weighted by atomic mass is 9.98. The van der Waals surface area contributed by atoms with Gasteiger partial charge in [-0.05, 0) is 26.1 Å². The topological polar surface area (TPSA) is 47.3 Å². The molecule has 0 unspecified atom stereocenters. The van der Waals surface area contributed by atoms with Crippen LogP contribution in [0.3, 0.4) is 0 Å². The fourth-order valence-electron chi connectivity index (χ4n) is 2.28. The Balaban J connectivity index is 2.01. The number of amides is 1. The molecule has 2 rings (SSSR count). The number of hydrogen-bond donors (Lipinski definition) is 0. The van der Waals surface area contributed by atoms with E-state index in [4.69, 9.17) is 5.26 Å². The highest BCUT2D eigenvalue weighted by molar-refractivity contribution is 5.83. The molecule has 1 saturated heterocycles. The van der Waals surface area contributed by atoms with Crippen LogP contribution in [0.2, 0.25) is 0 Å². The fourth-order valence-corrected chi connectivity index (χ4v) is 2.28. The van der Waals surface area contributed by atoms with E-state index in [1.165, 1.54) is 0 Å². The van der Waals surface area contributed by atoms with Crippen molar-refractivity contribution in [3.63, 3.8) is 0 Å². The van der Waals surface area contributed by atoms with E-state index in [0.717, 1.165) is 5.56 Å². The number of benzene rings is 1. The standard InChI is InChI=1S/C15H19N3O/c1-17(2)14(8-12-6-4-3-5-7-12)15(19)18-10-13(9-16)11-18/h3-7,13-14H,8,10-11H2,1-2H3/t14-/m0/s1. The highest BCUT2D eigenvalue weighted by Crippen LogP contribution is 2.18. The first kappa shape index (κ1) is 13.6. The molecule has 1 heterocycles. The Bertz CT molecular complexity index is 472. The molecular weight excluding hydrogens is 238 g/mol. The average molecular weight is 257 g/mol. The van der Waals surface area contributed by atoms with Gasteiger partial charge in [-0.2, -0.15) is 5.26 Å². The molecule has 100 valence electrons. The predicted octanol–water partition coefficient (Wildman–Crippen LogP) is 1.14. The molecule has 1 aliphatic rings. The van der Waals surface area contributed by atoms with Crippen LogP contribution in [0.15, 0.2) is 30.3 Å². The molecule has 19 heavy (non-hydrogen) atoms. The van der Waals surface area contributed by atoms with Crippen LogP contribution in [0.1, 0.15) is 5.56 Å². The maximum Gasteiger partial charge on any atom is 0.240 e. The van der Waals surface area contributed by atoms with E-state index in [-0.39, 0.29) is 17.9 Å². The van der Waals surface area contributed by atoms with Crippen molar-refractivity contribution in [1.29, 1.82) is 5.26 Å². The molecule has 0 radical (unpaired) electrons. The van der Waals surface area contributed by atoms with Crippen molar-refractivity contribution in [2.24, 2.45) is 5.92 Å². The van der Waals surface area contributed by atoms with Crippen molar-refractivity contribution in [2.45, 2.75) is 12.5 Å². The Morgan fingerprint density at radius 1 is 1.42 bits per heavy atom. The summed E-state index contributed by atoms with van der Waals surface area (Å²) in [6, 6.07) is 12.1. The second-order valence-electron chi connectivity index (χ2n) is 5.24. The van der Waals surface area contributed by atoms with E-state index in [9.17, 15) is 4.79 Å².